The van der Waals surface area contributed by atoms with E-state index in [1.165, 1.54) is 0 Å². The third-order valence-corrected chi connectivity index (χ3v) is 5.99. The minimum Gasteiger partial charge on any atom is -0.450 e. The zero-order valence-electron chi connectivity index (χ0n) is 16.9. The highest BCUT2D eigenvalue weighted by Crippen LogP contribution is 2.26. The second-order valence-corrected chi connectivity index (χ2v) is 7.85. The number of carbonyl (C=O) groups excluding carboxylic acids is 2. The Balaban J connectivity index is 1.32. The molecule has 2 fully saturated rings. The zero-order valence-corrected chi connectivity index (χ0v) is 16.9. The molecular weight excluding hydrogens is 354 g/mol. The number of para-hydroxylation sites is 1. The molecule has 3 rings (SSSR count). The quantitative estimate of drug-likeness (QED) is 0.808. The summed E-state index contributed by atoms with van der Waals surface area (Å²) in [6, 6.07) is 10.2. The van der Waals surface area contributed by atoms with E-state index < -0.39 is 0 Å². The molecule has 0 spiro atoms. The fraction of sp³-hybridized carbons (Fsp3) is 0.636. The summed E-state index contributed by atoms with van der Waals surface area (Å²) < 4.78 is 5.10. The lowest BCUT2D eigenvalue weighted by atomic mass is 9.90. The van der Waals surface area contributed by atoms with Crippen molar-refractivity contribution >= 4 is 17.7 Å². The second-order valence-electron chi connectivity index (χ2n) is 7.85. The summed E-state index contributed by atoms with van der Waals surface area (Å²) in [6.45, 7) is 6.09. The standard InChI is InChI=1S/C22H33N3O3/c1-2-28-22(27)25-16-12-20(13-17-25)24-14-10-18(11-15-24)8-9-21(26)23-19-6-4-3-5-7-19/h3-7,18,20H,2,8-17H2,1H3,(H,23,26). The van der Waals surface area contributed by atoms with Crippen LogP contribution in [0, 0.1) is 5.92 Å². The average Bonchev–Trinajstić information content (AvgIpc) is 2.74. The number of hydrogen-bond acceptors (Lipinski definition) is 4. The van der Waals surface area contributed by atoms with Crippen molar-refractivity contribution in [1.82, 2.24) is 9.80 Å². The number of piperidine rings is 2. The van der Waals surface area contributed by atoms with Crippen LogP contribution in [0.15, 0.2) is 30.3 Å². The van der Waals surface area contributed by atoms with Crippen molar-refractivity contribution in [2.75, 3.05) is 38.1 Å². The van der Waals surface area contributed by atoms with E-state index in [0.717, 1.165) is 64.0 Å². The van der Waals surface area contributed by atoms with Gasteiger partial charge in [0.1, 0.15) is 0 Å². The number of anilines is 1. The maximum Gasteiger partial charge on any atom is 0.409 e. The van der Waals surface area contributed by atoms with Gasteiger partial charge in [0.25, 0.3) is 0 Å². The van der Waals surface area contributed by atoms with Crippen LogP contribution in [0.2, 0.25) is 0 Å². The number of benzene rings is 1. The fourth-order valence-corrected chi connectivity index (χ4v) is 4.32. The van der Waals surface area contributed by atoms with Crippen LogP contribution < -0.4 is 5.32 Å². The van der Waals surface area contributed by atoms with E-state index in [1.54, 1.807) is 0 Å². The Kier molecular flexibility index (Phi) is 7.71. The first-order valence-corrected chi connectivity index (χ1v) is 10.7. The SMILES string of the molecule is CCOC(=O)N1CCC(N2CCC(CCC(=O)Nc3ccccc3)CC2)CC1. The molecule has 2 saturated heterocycles. The Bertz CT molecular complexity index is 621. The van der Waals surface area contributed by atoms with Crippen LogP contribution in [0.5, 0.6) is 0 Å². The summed E-state index contributed by atoms with van der Waals surface area (Å²) in [6.07, 6.45) is 5.78. The lowest BCUT2D eigenvalue weighted by molar-refractivity contribution is -0.116. The Hall–Kier alpha value is -2.08. The summed E-state index contributed by atoms with van der Waals surface area (Å²) in [5, 5.41) is 2.97. The highest BCUT2D eigenvalue weighted by molar-refractivity contribution is 5.90. The predicted octanol–water partition coefficient (Wildman–Crippen LogP) is 3.74. The summed E-state index contributed by atoms with van der Waals surface area (Å²) in [7, 11) is 0. The molecule has 0 bridgehead atoms. The Morgan fingerprint density at radius 3 is 2.36 bits per heavy atom. The van der Waals surface area contributed by atoms with Gasteiger partial charge in [-0.15, -0.1) is 0 Å². The van der Waals surface area contributed by atoms with Crippen LogP contribution in [0.3, 0.4) is 0 Å². The molecule has 1 aromatic carbocycles. The summed E-state index contributed by atoms with van der Waals surface area (Å²) in [4.78, 5) is 28.4. The third kappa shape index (κ3) is 5.96. The minimum atomic E-state index is -0.173. The van der Waals surface area contributed by atoms with E-state index in [-0.39, 0.29) is 12.0 Å². The molecule has 2 aliphatic rings. The van der Waals surface area contributed by atoms with E-state index in [1.807, 2.05) is 42.2 Å². The molecule has 0 unspecified atom stereocenters. The zero-order chi connectivity index (χ0) is 19.8. The monoisotopic (exact) mass is 387 g/mol. The van der Waals surface area contributed by atoms with Gasteiger partial charge in [0, 0.05) is 31.2 Å². The van der Waals surface area contributed by atoms with Crippen molar-refractivity contribution in [3.05, 3.63) is 30.3 Å². The van der Waals surface area contributed by atoms with Gasteiger partial charge in [-0.25, -0.2) is 4.79 Å². The predicted molar refractivity (Wildman–Crippen MR) is 110 cm³/mol. The van der Waals surface area contributed by atoms with Gasteiger partial charge in [-0.2, -0.15) is 0 Å². The number of likely N-dealkylation sites (tertiary alicyclic amines) is 2. The topological polar surface area (TPSA) is 61.9 Å². The van der Waals surface area contributed by atoms with Gasteiger partial charge in [-0.1, -0.05) is 18.2 Å². The van der Waals surface area contributed by atoms with E-state index in [2.05, 4.69) is 10.2 Å². The summed E-state index contributed by atoms with van der Waals surface area (Å²) >= 11 is 0. The highest BCUT2D eigenvalue weighted by Gasteiger charge is 2.30. The van der Waals surface area contributed by atoms with Crippen molar-refractivity contribution in [2.45, 2.75) is 51.5 Å². The van der Waals surface area contributed by atoms with Crippen LogP contribution in [0.1, 0.15) is 45.4 Å². The molecule has 0 atom stereocenters. The van der Waals surface area contributed by atoms with Gasteiger partial charge in [0.05, 0.1) is 6.61 Å². The largest absolute Gasteiger partial charge is 0.450 e. The number of hydrogen-bond donors (Lipinski definition) is 1. The highest BCUT2D eigenvalue weighted by atomic mass is 16.6. The van der Waals surface area contributed by atoms with Gasteiger partial charge in [0.15, 0.2) is 0 Å². The molecule has 2 aliphatic heterocycles. The first-order chi connectivity index (χ1) is 13.7. The molecule has 6 heteroatoms. The van der Waals surface area contributed by atoms with E-state index in [4.69, 9.17) is 4.74 Å². The van der Waals surface area contributed by atoms with Crippen molar-refractivity contribution in [3.8, 4) is 0 Å². The van der Waals surface area contributed by atoms with Crippen LogP contribution in [-0.2, 0) is 9.53 Å². The van der Waals surface area contributed by atoms with E-state index in [9.17, 15) is 9.59 Å². The Morgan fingerprint density at radius 2 is 1.71 bits per heavy atom. The normalized spacial score (nSPS) is 19.4. The molecule has 0 aromatic heterocycles. The van der Waals surface area contributed by atoms with Gasteiger partial charge in [-0.3, -0.25) is 4.79 Å². The Labute approximate surface area is 168 Å². The number of carbonyl (C=O) groups is 2. The number of amides is 2. The van der Waals surface area contributed by atoms with Crippen LogP contribution in [0.25, 0.3) is 0 Å². The van der Waals surface area contributed by atoms with Gasteiger partial charge >= 0.3 is 6.09 Å². The molecular formula is C22H33N3O3. The first-order valence-electron chi connectivity index (χ1n) is 10.7. The molecule has 0 aliphatic carbocycles. The van der Waals surface area contributed by atoms with Crippen molar-refractivity contribution in [2.24, 2.45) is 5.92 Å². The lowest BCUT2D eigenvalue weighted by Crippen LogP contribution is -2.49. The molecule has 2 amide bonds. The summed E-state index contributed by atoms with van der Waals surface area (Å²) in [5.74, 6) is 0.748. The molecule has 6 nitrogen and oxygen atoms in total. The minimum absolute atomic E-state index is 0.111. The average molecular weight is 388 g/mol. The van der Waals surface area contributed by atoms with Gasteiger partial charge < -0.3 is 19.9 Å². The number of ether oxygens (including phenoxy) is 1. The van der Waals surface area contributed by atoms with Crippen molar-refractivity contribution in [3.63, 3.8) is 0 Å². The Morgan fingerprint density at radius 1 is 1.04 bits per heavy atom. The van der Waals surface area contributed by atoms with E-state index >= 15 is 0 Å². The molecule has 1 N–H and O–H groups in total. The molecule has 2 heterocycles. The second kappa shape index (κ2) is 10.5. The maximum absolute atomic E-state index is 12.1. The molecule has 154 valence electrons. The van der Waals surface area contributed by atoms with Crippen LogP contribution in [0.4, 0.5) is 10.5 Å². The smallest absolute Gasteiger partial charge is 0.409 e. The molecule has 28 heavy (non-hydrogen) atoms. The number of nitrogens with one attached hydrogen (secondary N) is 1. The van der Waals surface area contributed by atoms with Crippen molar-refractivity contribution < 1.29 is 14.3 Å². The number of rotatable bonds is 6. The van der Waals surface area contributed by atoms with Crippen molar-refractivity contribution in [1.29, 1.82) is 0 Å². The number of nitrogens with zero attached hydrogens (tertiary/aromatic N) is 2. The molecule has 0 radical (unpaired) electrons. The molecule has 1 aromatic rings. The van der Waals surface area contributed by atoms with Crippen LogP contribution in [-0.4, -0.2) is 60.6 Å². The van der Waals surface area contributed by atoms with Gasteiger partial charge in [0.2, 0.25) is 5.91 Å². The lowest BCUT2D eigenvalue weighted by Gasteiger charge is -2.41. The maximum atomic E-state index is 12.1. The van der Waals surface area contributed by atoms with E-state index in [0.29, 0.717) is 25.0 Å². The third-order valence-electron chi connectivity index (χ3n) is 5.99. The van der Waals surface area contributed by atoms with Gasteiger partial charge in [-0.05, 0) is 70.2 Å². The molecule has 0 saturated carbocycles. The first kappa shape index (κ1) is 20.6. The summed E-state index contributed by atoms with van der Waals surface area (Å²) in [5.41, 5.74) is 0.872. The van der Waals surface area contributed by atoms with Crippen LogP contribution >= 0.6 is 0 Å². The fourth-order valence-electron chi connectivity index (χ4n) is 4.32.